The Bertz CT molecular complexity index is 1770. The standard InChI is InChI=1S/C29H27N5O3S2/c1-20-7-5-11-33-26(20)30-27(32-14-12-31(13-15-32)18-21-8-3-2-4-9-21)25(28(33)36)23-17-24(35)34(29(38)39-23)19-22-10-6-16-37-22/h2-11,16-17H,12-15,18-19H2,1H3. The second-order valence-corrected chi connectivity index (χ2v) is 11.3. The molecule has 0 N–H and O–H groups in total. The lowest BCUT2D eigenvalue weighted by Crippen LogP contribution is -2.47. The highest BCUT2D eigenvalue weighted by Gasteiger charge is 2.25. The van der Waals surface area contributed by atoms with Crippen LogP contribution in [0, 0.1) is 10.9 Å². The van der Waals surface area contributed by atoms with Crippen LogP contribution in [0.1, 0.15) is 16.9 Å². The smallest absolute Gasteiger partial charge is 0.268 e. The van der Waals surface area contributed by atoms with Gasteiger partial charge in [-0.05, 0) is 48.5 Å². The Balaban J connectivity index is 1.40. The quantitative estimate of drug-likeness (QED) is 0.283. The van der Waals surface area contributed by atoms with E-state index in [0.29, 0.717) is 31.6 Å². The van der Waals surface area contributed by atoms with Crippen molar-refractivity contribution in [2.24, 2.45) is 0 Å². The van der Waals surface area contributed by atoms with E-state index >= 15 is 0 Å². The van der Waals surface area contributed by atoms with Gasteiger partial charge < -0.3 is 9.32 Å². The summed E-state index contributed by atoms with van der Waals surface area (Å²) in [6.07, 6.45) is 3.29. The lowest BCUT2D eigenvalue weighted by Gasteiger charge is -2.36. The topological polar surface area (TPSA) is 76.0 Å². The molecule has 0 aliphatic carbocycles. The monoisotopic (exact) mass is 557 g/mol. The second kappa shape index (κ2) is 10.7. The van der Waals surface area contributed by atoms with Gasteiger partial charge in [0.2, 0.25) is 0 Å². The molecule has 0 unspecified atom stereocenters. The van der Waals surface area contributed by atoms with E-state index < -0.39 is 0 Å². The van der Waals surface area contributed by atoms with Gasteiger partial charge in [-0.25, -0.2) is 4.98 Å². The van der Waals surface area contributed by atoms with Crippen LogP contribution >= 0.6 is 23.6 Å². The molecule has 0 bridgehead atoms. The van der Waals surface area contributed by atoms with Crippen molar-refractivity contribution in [2.45, 2.75) is 20.0 Å². The van der Waals surface area contributed by atoms with Crippen molar-refractivity contribution in [3.63, 3.8) is 0 Å². The number of furan rings is 1. The molecule has 1 aliphatic heterocycles. The molecule has 1 fully saturated rings. The summed E-state index contributed by atoms with van der Waals surface area (Å²) in [7, 11) is 0. The minimum Gasteiger partial charge on any atom is -0.467 e. The molecule has 1 saturated heterocycles. The first kappa shape index (κ1) is 25.4. The number of hydrogen-bond donors (Lipinski definition) is 0. The minimum atomic E-state index is -0.280. The maximum Gasteiger partial charge on any atom is 0.268 e. The van der Waals surface area contributed by atoms with E-state index in [1.165, 1.54) is 27.5 Å². The van der Waals surface area contributed by atoms with Crippen molar-refractivity contribution in [3.8, 4) is 10.4 Å². The molecule has 4 aromatic heterocycles. The number of piperazine rings is 1. The first-order valence-electron chi connectivity index (χ1n) is 12.8. The largest absolute Gasteiger partial charge is 0.467 e. The summed E-state index contributed by atoms with van der Waals surface area (Å²) >= 11 is 6.87. The summed E-state index contributed by atoms with van der Waals surface area (Å²) in [5.41, 5.74) is 2.72. The van der Waals surface area contributed by atoms with Crippen LogP contribution in [0.3, 0.4) is 0 Å². The Labute approximate surface area is 234 Å². The van der Waals surface area contributed by atoms with Crippen LogP contribution in [0.2, 0.25) is 0 Å². The Kier molecular flexibility index (Phi) is 6.99. The average molecular weight is 558 g/mol. The van der Waals surface area contributed by atoms with Crippen LogP contribution in [0.4, 0.5) is 5.82 Å². The molecule has 10 heteroatoms. The highest BCUT2D eigenvalue weighted by atomic mass is 32.1. The predicted molar refractivity (Wildman–Crippen MR) is 156 cm³/mol. The molecule has 198 valence electrons. The van der Waals surface area contributed by atoms with E-state index in [0.717, 1.165) is 38.3 Å². The number of aryl methyl sites for hydroxylation is 1. The summed E-state index contributed by atoms with van der Waals surface area (Å²) in [5, 5.41) is 0. The molecule has 1 aromatic carbocycles. The molecule has 5 heterocycles. The predicted octanol–water partition coefficient (Wildman–Crippen LogP) is 4.59. The summed E-state index contributed by atoms with van der Waals surface area (Å²) < 4.78 is 8.83. The Morgan fingerprint density at radius 2 is 1.77 bits per heavy atom. The fraction of sp³-hybridized carbons (Fsp3) is 0.241. The van der Waals surface area contributed by atoms with Gasteiger partial charge in [0.15, 0.2) is 3.95 Å². The zero-order valence-corrected chi connectivity index (χ0v) is 23.1. The molecular weight excluding hydrogens is 530 g/mol. The molecule has 5 aromatic rings. The van der Waals surface area contributed by atoms with Gasteiger partial charge >= 0.3 is 0 Å². The molecule has 0 spiro atoms. The molecule has 39 heavy (non-hydrogen) atoms. The summed E-state index contributed by atoms with van der Waals surface area (Å²) in [6.45, 7) is 6.18. The van der Waals surface area contributed by atoms with Gasteiger partial charge in [0.1, 0.15) is 22.8 Å². The SMILES string of the molecule is Cc1cccn2c(=O)c(-c3cc(=O)n(Cc4ccco4)c(=S)s3)c(N3CCN(Cc4ccccc4)CC3)nc12. The summed E-state index contributed by atoms with van der Waals surface area (Å²) in [4.78, 5) is 37.3. The van der Waals surface area contributed by atoms with Gasteiger partial charge in [-0.2, -0.15) is 0 Å². The number of aromatic nitrogens is 3. The summed E-state index contributed by atoms with van der Waals surface area (Å²) in [5.74, 6) is 1.24. The van der Waals surface area contributed by atoms with Gasteiger partial charge in [0.05, 0.1) is 17.7 Å². The second-order valence-electron chi connectivity index (χ2n) is 9.63. The van der Waals surface area contributed by atoms with Crippen molar-refractivity contribution in [2.75, 3.05) is 31.1 Å². The fourth-order valence-electron chi connectivity index (χ4n) is 4.97. The first-order valence-corrected chi connectivity index (χ1v) is 14.0. The Morgan fingerprint density at radius 1 is 0.974 bits per heavy atom. The van der Waals surface area contributed by atoms with E-state index in [9.17, 15) is 9.59 Å². The Hall–Kier alpha value is -3.86. The number of hydrogen-bond acceptors (Lipinski definition) is 8. The highest BCUT2D eigenvalue weighted by molar-refractivity contribution is 7.73. The maximum absolute atomic E-state index is 13.9. The highest BCUT2D eigenvalue weighted by Crippen LogP contribution is 2.30. The van der Waals surface area contributed by atoms with E-state index in [-0.39, 0.29) is 17.7 Å². The molecule has 0 saturated carbocycles. The van der Waals surface area contributed by atoms with Crippen LogP contribution in [-0.4, -0.2) is 45.0 Å². The number of rotatable bonds is 6. The normalized spacial score (nSPS) is 14.2. The molecule has 1 aliphatic rings. The van der Waals surface area contributed by atoms with Crippen molar-refractivity contribution in [1.82, 2.24) is 18.9 Å². The molecule has 0 atom stereocenters. The van der Waals surface area contributed by atoms with Crippen LogP contribution in [0.5, 0.6) is 0 Å². The van der Waals surface area contributed by atoms with Gasteiger partial charge in [-0.3, -0.25) is 23.5 Å². The number of nitrogens with zero attached hydrogens (tertiary/aromatic N) is 5. The lowest BCUT2D eigenvalue weighted by molar-refractivity contribution is 0.249. The van der Waals surface area contributed by atoms with Gasteiger partial charge in [0.25, 0.3) is 11.1 Å². The number of fused-ring (bicyclic) bond motifs is 1. The summed E-state index contributed by atoms with van der Waals surface area (Å²) in [6, 6.07) is 19.3. The zero-order valence-electron chi connectivity index (χ0n) is 21.4. The third-order valence-corrected chi connectivity index (χ3v) is 8.44. The average Bonchev–Trinajstić information content (AvgIpc) is 3.46. The van der Waals surface area contributed by atoms with E-state index in [4.69, 9.17) is 21.6 Å². The zero-order chi connectivity index (χ0) is 26.9. The molecule has 6 rings (SSSR count). The number of pyridine rings is 1. The minimum absolute atomic E-state index is 0.209. The number of benzene rings is 1. The fourth-order valence-corrected chi connectivity index (χ4v) is 6.29. The van der Waals surface area contributed by atoms with E-state index in [1.54, 1.807) is 29.0 Å². The van der Waals surface area contributed by atoms with Crippen LogP contribution < -0.4 is 16.0 Å². The van der Waals surface area contributed by atoms with Crippen molar-refractivity contribution in [3.05, 3.63) is 115 Å². The molecule has 0 radical (unpaired) electrons. The maximum atomic E-state index is 13.9. The molecule has 0 amide bonds. The number of anilines is 1. The van der Waals surface area contributed by atoms with Crippen LogP contribution in [0.15, 0.2) is 87.1 Å². The van der Waals surface area contributed by atoms with Crippen LogP contribution in [-0.2, 0) is 13.1 Å². The first-order chi connectivity index (χ1) is 19.0. The molecular formula is C29H27N5O3S2. The molecule has 8 nitrogen and oxygen atoms in total. The van der Waals surface area contributed by atoms with Gasteiger partial charge in [-0.1, -0.05) is 36.4 Å². The Morgan fingerprint density at radius 3 is 2.49 bits per heavy atom. The lowest BCUT2D eigenvalue weighted by atomic mass is 10.1. The third-order valence-electron chi connectivity index (χ3n) is 7.03. The van der Waals surface area contributed by atoms with Crippen molar-refractivity contribution >= 4 is 35.0 Å². The van der Waals surface area contributed by atoms with Crippen molar-refractivity contribution < 1.29 is 4.42 Å². The van der Waals surface area contributed by atoms with E-state index in [2.05, 4.69) is 34.1 Å². The van der Waals surface area contributed by atoms with Gasteiger partial charge in [0, 0.05) is 45.0 Å². The van der Waals surface area contributed by atoms with E-state index in [1.807, 2.05) is 25.1 Å². The van der Waals surface area contributed by atoms with Crippen molar-refractivity contribution in [1.29, 1.82) is 0 Å². The van der Waals surface area contributed by atoms with Gasteiger partial charge in [-0.15, -0.1) is 11.3 Å². The third kappa shape index (κ3) is 5.10. The van der Waals surface area contributed by atoms with Crippen LogP contribution in [0.25, 0.3) is 16.1 Å².